The molecule has 1 aliphatic heterocycles. The molecule has 1 atom stereocenters. The van der Waals surface area contributed by atoms with E-state index in [4.69, 9.17) is 5.11 Å². The van der Waals surface area contributed by atoms with Crippen LogP contribution >= 0.6 is 0 Å². The lowest BCUT2D eigenvalue weighted by Crippen LogP contribution is -2.42. The first-order valence-corrected chi connectivity index (χ1v) is 7.74. The van der Waals surface area contributed by atoms with E-state index in [9.17, 15) is 13.2 Å². The van der Waals surface area contributed by atoms with Gasteiger partial charge >= 0.3 is 5.97 Å². The van der Waals surface area contributed by atoms with Gasteiger partial charge in [0, 0.05) is 19.6 Å². The molecule has 0 aromatic rings. The second-order valence-electron chi connectivity index (χ2n) is 5.12. The molecule has 0 aromatic carbocycles. The van der Waals surface area contributed by atoms with Crippen molar-refractivity contribution in [3.8, 4) is 0 Å². The van der Waals surface area contributed by atoms with E-state index in [2.05, 4.69) is 4.72 Å². The van der Waals surface area contributed by atoms with Crippen LogP contribution in [0.25, 0.3) is 0 Å². The van der Waals surface area contributed by atoms with E-state index in [-0.39, 0.29) is 12.5 Å². The molecule has 7 heteroatoms. The Morgan fingerprint density at radius 3 is 2.33 bits per heavy atom. The average Bonchev–Trinajstić information content (AvgIpc) is 2.77. The molecule has 0 spiro atoms. The minimum absolute atomic E-state index is 0.0354. The van der Waals surface area contributed by atoms with Crippen molar-refractivity contribution in [1.82, 2.24) is 9.03 Å². The van der Waals surface area contributed by atoms with Crippen molar-refractivity contribution >= 4 is 16.2 Å². The highest BCUT2D eigenvalue weighted by Gasteiger charge is 2.27. The monoisotopic (exact) mass is 278 g/mol. The van der Waals surface area contributed by atoms with Gasteiger partial charge in [-0.15, -0.1) is 0 Å². The number of nitrogens with zero attached hydrogens (tertiary/aromatic N) is 1. The Labute approximate surface area is 109 Å². The summed E-state index contributed by atoms with van der Waals surface area (Å²) in [7, 11) is -3.50. The summed E-state index contributed by atoms with van der Waals surface area (Å²) in [6.07, 6.45) is 2.21. The zero-order valence-electron chi connectivity index (χ0n) is 10.9. The highest BCUT2D eigenvalue weighted by molar-refractivity contribution is 7.87. The number of carboxylic acids is 1. The number of hydrogen-bond donors (Lipinski definition) is 2. The summed E-state index contributed by atoms with van der Waals surface area (Å²) in [5.74, 6) is -1.39. The fraction of sp³-hybridized carbons (Fsp3) is 0.909. The maximum atomic E-state index is 11.9. The minimum Gasteiger partial charge on any atom is -0.481 e. The summed E-state index contributed by atoms with van der Waals surface area (Å²) in [5, 5.41) is 9.04. The van der Waals surface area contributed by atoms with E-state index in [0.717, 1.165) is 12.8 Å². The molecule has 1 saturated heterocycles. The smallest absolute Gasteiger partial charge is 0.307 e. The molecule has 1 unspecified atom stereocenters. The second-order valence-corrected chi connectivity index (χ2v) is 6.88. The predicted octanol–water partition coefficient (Wildman–Crippen LogP) is 0.664. The van der Waals surface area contributed by atoms with Crippen LogP contribution in [0.2, 0.25) is 0 Å². The molecule has 2 N–H and O–H groups in total. The van der Waals surface area contributed by atoms with Gasteiger partial charge in [0.05, 0.1) is 5.92 Å². The third-order valence-corrected chi connectivity index (χ3v) is 4.60. The van der Waals surface area contributed by atoms with E-state index >= 15 is 0 Å². The first kappa shape index (κ1) is 15.4. The number of aliphatic carboxylic acids is 1. The highest BCUT2D eigenvalue weighted by Crippen LogP contribution is 2.14. The van der Waals surface area contributed by atoms with Gasteiger partial charge in [-0.2, -0.15) is 12.7 Å². The number of carboxylic acid groups (broad SMARTS) is 1. The number of nitrogens with one attached hydrogen (secondary N) is 1. The minimum atomic E-state index is -3.50. The molecule has 6 nitrogen and oxygen atoms in total. The third-order valence-electron chi connectivity index (χ3n) is 3.02. The summed E-state index contributed by atoms with van der Waals surface area (Å²) in [6, 6.07) is 0. The van der Waals surface area contributed by atoms with Gasteiger partial charge in [-0.1, -0.05) is 13.8 Å². The standard InChI is InChI=1S/C11H22N2O4S/c1-9(2)7-10(11(14)15)8-12-18(16,17)13-5-3-4-6-13/h9-10,12H,3-8H2,1-2H3,(H,14,15). The van der Waals surface area contributed by atoms with Crippen LogP contribution < -0.4 is 4.72 Å². The predicted molar refractivity (Wildman–Crippen MR) is 68.3 cm³/mol. The van der Waals surface area contributed by atoms with Gasteiger partial charge in [-0.05, 0) is 25.2 Å². The van der Waals surface area contributed by atoms with Crippen molar-refractivity contribution in [2.45, 2.75) is 33.1 Å². The van der Waals surface area contributed by atoms with E-state index in [1.54, 1.807) is 0 Å². The van der Waals surface area contributed by atoms with Gasteiger partial charge < -0.3 is 5.11 Å². The summed E-state index contributed by atoms with van der Waals surface area (Å²) >= 11 is 0. The van der Waals surface area contributed by atoms with E-state index in [1.807, 2.05) is 13.8 Å². The topological polar surface area (TPSA) is 86.7 Å². The van der Waals surface area contributed by atoms with Crippen molar-refractivity contribution in [3.63, 3.8) is 0 Å². The Morgan fingerprint density at radius 1 is 1.33 bits per heavy atom. The van der Waals surface area contributed by atoms with Crippen molar-refractivity contribution < 1.29 is 18.3 Å². The fourth-order valence-electron chi connectivity index (χ4n) is 2.07. The molecule has 0 bridgehead atoms. The first-order valence-electron chi connectivity index (χ1n) is 6.30. The Bertz CT molecular complexity index is 375. The Morgan fingerprint density at radius 2 is 1.89 bits per heavy atom. The summed E-state index contributed by atoms with van der Waals surface area (Å²) in [4.78, 5) is 11.0. The first-order chi connectivity index (χ1) is 8.33. The summed E-state index contributed by atoms with van der Waals surface area (Å²) in [5.41, 5.74) is 0. The SMILES string of the molecule is CC(C)CC(CNS(=O)(=O)N1CCCC1)C(=O)O. The molecule has 0 aliphatic carbocycles. The van der Waals surface area contributed by atoms with Crippen LogP contribution in [-0.4, -0.2) is 43.4 Å². The molecule has 1 rings (SSSR count). The summed E-state index contributed by atoms with van der Waals surface area (Å²) in [6.45, 7) is 4.86. The molecule has 0 radical (unpaired) electrons. The lowest BCUT2D eigenvalue weighted by atomic mass is 9.98. The van der Waals surface area contributed by atoms with Crippen LogP contribution in [0.15, 0.2) is 0 Å². The molecule has 0 amide bonds. The van der Waals surface area contributed by atoms with Crippen LogP contribution in [0.5, 0.6) is 0 Å². The molecular formula is C11H22N2O4S. The average molecular weight is 278 g/mol. The van der Waals surface area contributed by atoms with Crippen molar-refractivity contribution in [3.05, 3.63) is 0 Å². The zero-order chi connectivity index (χ0) is 13.8. The maximum absolute atomic E-state index is 11.9. The molecule has 1 heterocycles. The fourth-order valence-corrected chi connectivity index (χ4v) is 3.40. The third kappa shape index (κ3) is 4.55. The van der Waals surface area contributed by atoms with Gasteiger partial charge in [0.2, 0.25) is 0 Å². The molecular weight excluding hydrogens is 256 g/mol. The largest absolute Gasteiger partial charge is 0.481 e. The highest BCUT2D eigenvalue weighted by atomic mass is 32.2. The molecule has 106 valence electrons. The van der Waals surface area contributed by atoms with Crippen LogP contribution in [0, 0.1) is 11.8 Å². The maximum Gasteiger partial charge on any atom is 0.307 e. The van der Waals surface area contributed by atoms with Gasteiger partial charge in [0.25, 0.3) is 10.2 Å². The Kier molecular flexibility index (Phi) is 5.55. The normalized spacial score (nSPS) is 19.3. The Balaban J connectivity index is 2.53. The van der Waals surface area contributed by atoms with E-state index < -0.39 is 22.1 Å². The van der Waals surface area contributed by atoms with E-state index in [1.165, 1.54) is 4.31 Å². The van der Waals surface area contributed by atoms with Crippen LogP contribution in [-0.2, 0) is 15.0 Å². The Hall–Kier alpha value is -0.660. The molecule has 1 fully saturated rings. The van der Waals surface area contributed by atoms with Crippen LogP contribution in [0.1, 0.15) is 33.1 Å². The lowest BCUT2D eigenvalue weighted by Gasteiger charge is -2.19. The van der Waals surface area contributed by atoms with Crippen molar-refractivity contribution in [2.24, 2.45) is 11.8 Å². The number of hydrogen-bond acceptors (Lipinski definition) is 3. The molecule has 18 heavy (non-hydrogen) atoms. The van der Waals surface area contributed by atoms with Crippen LogP contribution in [0.4, 0.5) is 0 Å². The van der Waals surface area contributed by atoms with E-state index in [0.29, 0.717) is 19.5 Å². The molecule has 0 saturated carbocycles. The van der Waals surface area contributed by atoms with Gasteiger partial charge in [0.15, 0.2) is 0 Å². The van der Waals surface area contributed by atoms with Gasteiger partial charge in [-0.25, -0.2) is 4.72 Å². The van der Waals surface area contributed by atoms with Crippen molar-refractivity contribution in [2.75, 3.05) is 19.6 Å². The van der Waals surface area contributed by atoms with Crippen LogP contribution in [0.3, 0.4) is 0 Å². The number of rotatable bonds is 7. The van der Waals surface area contributed by atoms with Gasteiger partial charge in [-0.3, -0.25) is 4.79 Å². The van der Waals surface area contributed by atoms with Crippen molar-refractivity contribution in [1.29, 1.82) is 0 Å². The quantitative estimate of drug-likeness (QED) is 0.716. The molecule has 0 aromatic heterocycles. The van der Waals surface area contributed by atoms with Gasteiger partial charge in [0.1, 0.15) is 0 Å². The second kappa shape index (κ2) is 6.49. The zero-order valence-corrected chi connectivity index (χ0v) is 11.7. The number of carbonyl (C=O) groups is 1. The summed E-state index contributed by atoms with van der Waals surface area (Å²) < 4.78 is 27.5. The lowest BCUT2D eigenvalue weighted by molar-refractivity contribution is -0.142. The molecule has 1 aliphatic rings.